The highest BCUT2D eigenvalue weighted by molar-refractivity contribution is 5.83. The van der Waals surface area contributed by atoms with E-state index in [-0.39, 0.29) is 25.2 Å². The van der Waals surface area contributed by atoms with Crippen LogP contribution < -0.4 is 10.6 Å². The molecule has 1 saturated heterocycles. The lowest BCUT2D eigenvalue weighted by Crippen LogP contribution is -2.49. The summed E-state index contributed by atoms with van der Waals surface area (Å²) in [5.41, 5.74) is 2.51. The molecule has 9 nitrogen and oxygen atoms in total. The molecule has 1 heterocycles. The molecule has 34 heavy (non-hydrogen) atoms. The number of fused-ring (bicyclic) bond motifs is 3. The maximum Gasteiger partial charge on any atom is 0.407 e. The van der Waals surface area contributed by atoms with E-state index in [1.165, 1.54) is 0 Å². The van der Waals surface area contributed by atoms with Gasteiger partial charge in [-0.2, -0.15) is 0 Å². The summed E-state index contributed by atoms with van der Waals surface area (Å²) in [6.45, 7) is 1.07. The van der Waals surface area contributed by atoms with Gasteiger partial charge in [-0.1, -0.05) is 48.5 Å². The van der Waals surface area contributed by atoms with Crippen LogP contribution in [0, 0.1) is 0 Å². The molecule has 3 unspecified atom stereocenters. The van der Waals surface area contributed by atoms with E-state index in [4.69, 9.17) is 14.6 Å². The van der Waals surface area contributed by atoms with E-state index < -0.39 is 36.2 Å². The third-order valence-electron chi connectivity index (χ3n) is 6.29. The summed E-state index contributed by atoms with van der Waals surface area (Å²) in [5, 5.41) is 23.7. The molecule has 2 aromatic rings. The van der Waals surface area contributed by atoms with E-state index >= 15 is 0 Å². The minimum Gasteiger partial charge on any atom is -0.479 e. The fraction of sp³-hybridized carbons (Fsp3) is 0.400. The summed E-state index contributed by atoms with van der Waals surface area (Å²) in [7, 11) is 0. The van der Waals surface area contributed by atoms with E-state index in [9.17, 15) is 19.5 Å². The molecule has 4 N–H and O–H groups in total. The molecule has 1 aliphatic heterocycles. The number of hydrogen-bond donors (Lipinski definition) is 4. The van der Waals surface area contributed by atoms with Crippen LogP contribution in [0.15, 0.2) is 48.5 Å². The van der Waals surface area contributed by atoms with Crippen molar-refractivity contribution in [2.75, 3.05) is 19.7 Å². The second-order valence-corrected chi connectivity index (χ2v) is 8.83. The molecule has 0 bridgehead atoms. The molecule has 4 rings (SSSR count). The minimum atomic E-state index is -2.06. The highest BCUT2D eigenvalue weighted by Gasteiger charge is 2.35. The van der Waals surface area contributed by atoms with Gasteiger partial charge in [0, 0.05) is 12.5 Å². The second-order valence-electron chi connectivity index (χ2n) is 8.83. The number of ether oxygens (including phenoxy) is 2. The number of aliphatic carboxylic acids is 1. The number of carboxylic acids is 1. The first kappa shape index (κ1) is 23.7. The third kappa shape index (κ3) is 5.05. The molecular formula is C25H28N2O7. The summed E-state index contributed by atoms with van der Waals surface area (Å²) < 4.78 is 11.2. The first-order valence-electron chi connectivity index (χ1n) is 11.2. The van der Waals surface area contributed by atoms with Crippen molar-refractivity contribution in [2.24, 2.45) is 0 Å². The average molecular weight is 469 g/mol. The Balaban J connectivity index is 1.23. The highest BCUT2D eigenvalue weighted by Crippen LogP contribution is 2.44. The smallest absolute Gasteiger partial charge is 0.407 e. The fourth-order valence-electron chi connectivity index (χ4n) is 4.34. The van der Waals surface area contributed by atoms with Crippen LogP contribution >= 0.6 is 0 Å². The summed E-state index contributed by atoms with van der Waals surface area (Å²) in [4.78, 5) is 35.4. The predicted octanol–water partition coefficient (Wildman–Crippen LogP) is 2.02. The number of benzene rings is 2. The normalized spacial score (nSPS) is 20.6. The molecule has 1 fully saturated rings. The maximum absolute atomic E-state index is 12.3. The lowest BCUT2D eigenvalue weighted by molar-refractivity contribution is -0.156. The summed E-state index contributed by atoms with van der Waals surface area (Å²) >= 11 is 0. The van der Waals surface area contributed by atoms with Crippen LogP contribution in [0.4, 0.5) is 4.79 Å². The topological polar surface area (TPSA) is 134 Å². The van der Waals surface area contributed by atoms with Gasteiger partial charge in [-0.15, -0.1) is 0 Å². The molecule has 3 atom stereocenters. The van der Waals surface area contributed by atoms with Crippen LogP contribution in [0.1, 0.15) is 36.8 Å². The number of alkyl carbamates (subject to hydrolysis) is 1. The third-order valence-corrected chi connectivity index (χ3v) is 6.29. The summed E-state index contributed by atoms with van der Waals surface area (Å²) in [6, 6.07) is 16.2. The molecule has 0 radical (unpaired) electrons. The summed E-state index contributed by atoms with van der Waals surface area (Å²) in [6.07, 6.45) is -0.708. The molecule has 0 saturated carbocycles. The maximum atomic E-state index is 12.3. The molecule has 1 aliphatic carbocycles. The zero-order valence-electron chi connectivity index (χ0n) is 18.8. The number of amides is 2. The lowest BCUT2D eigenvalue weighted by Gasteiger charge is -2.20. The highest BCUT2D eigenvalue weighted by atomic mass is 16.6. The van der Waals surface area contributed by atoms with E-state index in [1.54, 1.807) is 0 Å². The van der Waals surface area contributed by atoms with Crippen molar-refractivity contribution in [3.63, 3.8) is 0 Å². The number of hydrogen-bond acceptors (Lipinski definition) is 6. The Labute approximate surface area is 197 Å². The number of carboxylic acid groups (broad SMARTS) is 1. The predicted molar refractivity (Wildman–Crippen MR) is 122 cm³/mol. The fourth-order valence-corrected chi connectivity index (χ4v) is 4.34. The van der Waals surface area contributed by atoms with Crippen molar-refractivity contribution < 1.29 is 34.1 Å². The van der Waals surface area contributed by atoms with Gasteiger partial charge in [0.25, 0.3) is 0 Å². The Morgan fingerprint density at radius 1 is 1.03 bits per heavy atom. The second kappa shape index (κ2) is 9.82. The Morgan fingerprint density at radius 3 is 2.26 bits per heavy atom. The average Bonchev–Trinajstić information content (AvgIpc) is 3.43. The standard InChI is InChI=1S/C25H28N2O7/c1-25(32,23(29)30)14-27-22(28)21-11-10-15(34-21)12-26-24(31)33-13-20-18-8-4-2-6-16(18)17-7-3-5-9-19(17)20/h2-9,15,20-21,32H,10-14H2,1H3,(H,26,31)(H,27,28)(H,29,30). The van der Waals surface area contributed by atoms with Crippen LogP contribution in [0.25, 0.3) is 11.1 Å². The van der Waals surface area contributed by atoms with Gasteiger partial charge in [-0.05, 0) is 42.0 Å². The molecule has 0 aromatic heterocycles. The molecule has 2 aliphatic rings. The first-order chi connectivity index (χ1) is 16.3. The van der Waals surface area contributed by atoms with Crippen molar-refractivity contribution >= 4 is 18.0 Å². The van der Waals surface area contributed by atoms with E-state index in [0.29, 0.717) is 12.8 Å². The largest absolute Gasteiger partial charge is 0.479 e. The van der Waals surface area contributed by atoms with Gasteiger partial charge in [-0.25, -0.2) is 9.59 Å². The molecule has 2 amide bonds. The molecule has 9 heteroatoms. The number of aliphatic hydroxyl groups is 1. The number of nitrogens with one attached hydrogen (secondary N) is 2. The minimum absolute atomic E-state index is 0.0306. The van der Waals surface area contributed by atoms with Crippen molar-refractivity contribution in [3.05, 3.63) is 59.7 Å². The van der Waals surface area contributed by atoms with E-state index in [1.807, 2.05) is 24.3 Å². The monoisotopic (exact) mass is 468 g/mol. The van der Waals surface area contributed by atoms with E-state index in [0.717, 1.165) is 29.2 Å². The quantitative estimate of drug-likeness (QED) is 0.466. The van der Waals surface area contributed by atoms with Gasteiger partial charge < -0.3 is 30.3 Å². The number of rotatable bonds is 8. The lowest BCUT2D eigenvalue weighted by atomic mass is 9.98. The Hall–Kier alpha value is -3.43. The number of carbonyl (C=O) groups excluding carboxylic acids is 2. The Morgan fingerprint density at radius 2 is 1.65 bits per heavy atom. The number of carbonyl (C=O) groups is 3. The van der Waals surface area contributed by atoms with Crippen LogP contribution in [0.2, 0.25) is 0 Å². The van der Waals surface area contributed by atoms with Gasteiger partial charge >= 0.3 is 12.1 Å². The van der Waals surface area contributed by atoms with Crippen LogP contribution in [0.3, 0.4) is 0 Å². The van der Waals surface area contributed by atoms with Gasteiger partial charge in [0.1, 0.15) is 12.7 Å². The van der Waals surface area contributed by atoms with Gasteiger partial charge in [0.2, 0.25) is 5.91 Å². The summed E-state index contributed by atoms with van der Waals surface area (Å²) in [5.74, 6) is -1.95. The molecule has 0 spiro atoms. The van der Waals surface area contributed by atoms with Gasteiger partial charge in [0.15, 0.2) is 5.60 Å². The zero-order chi connectivity index (χ0) is 24.3. The van der Waals surface area contributed by atoms with Gasteiger partial charge in [0.05, 0.1) is 12.6 Å². The van der Waals surface area contributed by atoms with E-state index in [2.05, 4.69) is 34.9 Å². The van der Waals surface area contributed by atoms with Crippen molar-refractivity contribution in [1.29, 1.82) is 0 Å². The Kier molecular flexibility index (Phi) is 6.85. The SMILES string of the molecule is CC(O)(CNC(=O)C1CCC(CNC(=O)OCC2c3ccccc3-c3ccccc32)O1)C(=O)O. The molecule has 180 valence electrons. The van der Waals surface area contributed by atoms with Gasteiger partial charge in [-0.3, -0.25) is 4.79 Å². The Bertz CT molecular complexity index is 1040. The van der Waals surface area contributed by atoms with Crippen LogP contribution in [-0.2, 0) is 19.1 Å². The van der Waals surface area contributed by atoms with Crippen molar-refractivity contribution in [3.8, 4) is 11.1 Å². The van der Waals surface area contributed by atoms with Crippen molar-refractivity contribution in [1.82, 2.24) is 10.6 Å². The van der Waals surface area contributed by atoms with Crippen LogP contribution in [0.5, 0.6) is 0 Å². The van der Waals surface area contributed by atoms with Crippen LogP contribution in [-0.4, -0.2) is 65.7 Å². The first-order valence-corrected chi connectivity index (χ1v) is 11.2. The molecule has 2 aromatic carbocycles. The van der Waals surface area contributed by atoms with Crippen molar-refractivity contribution in [2.45, 2.75) is 43.5 Å². The molecular weight excluding hydrogens is 440 g/mol. The zero-order valence-corrected chi connectivity index (χ0v) is 18.8.